The van der Waals surface area contributed by atoms with Gasteiger partial charge in [-0.3, -0.25) is 9.59 Å². The molecule has 138 valence electrons. The smallest absolute Gasteiger partial charge is 0.247 e. The van der Waals surface area contributed by atoms with Crippen LogP contribution >= 0.6 is 0 Å². The molecule has 3 heteroatoms. The molecule has 1 spiro atoms. The lowest BCUT2D eigenvalue weighted by Gasteiger charge is -2.46. The van der Waals surface area contributed by atoms with Crippen molar-refractivity contribution in [2.45, 2.75) is 58.4 Å². The predicted molar refractivity (Wildman–Crippen MR) is 106 cm³/mol. The van der Waals surface area contributed by atoms with Crippen molar-refractivity contribution in [3.8, 4) is 0 Å². The van der Waals surface area contributed by atoms with E-state index in [0.29, 0.717) is 6.54 Å². The third kappa shape index (κ3) is 2.56. The van der Waals surface area contributed by atoms with Crippen LogP contribution in [0.2, 0.25) is 0 Å². The second kappa shape index (κ2) is 7.22. The molecule has 0 saturated heterocycles. The van der Waals surface area contributed by atoms with Gasteiger partial charge in [0.25, 0.3) is 0 Å². The van der Waals surface area contributed by atoms with Crippen LogP contribution in [-0.4, -0.2) is 23.1 Å². The zero-order valence-electron chi connectivity index (χ0n) is 16.2. The predicted octanol–water partition coefficient (Wildman–Crippen LogP) is 4.87. The summed E-state index contributed by atoms with van der Waals surface area (Å²) in [5.41, 5.74) is 2.79. The summed E-state index contributed by atoms with van der Waals surface area (Å²) in [7, 11) is 0. The molecule has 26 heavy (non-hydrogen) atoms. The van der Waals surface area contributed by atoms with Crippen molar-refractivity contribution in [3.63, 3.8) is 0 Å². The first-order valence-corrected chi connectivity index (χ1v) is 9.83. The Morgan fingerprint density at radius 2 is 1.81 bits per heavy atom. The molecule has 1 aliphatic carbocycles. The number of amides is 1. The Bertz CT molecular complexity index is 776. The maximum Gasteiger partial charge on any atom is 0.247 e. The summed E-state index contributed by atoms with van der Waals surface area (Å²) >= 11 is 0. The molecule has 1 heterocycles. The SMILES string of the molecule is C=C1c2ccccc2C2(C(=O)C1CCCC)C(C)=CC(=O)N2CCCC. The maximum atomic E-state index is 13.9. The second-order valence-electron chi connectivity index (χ2n) is 7.51. The number of ketones is 1. The lowest BCUT2D eigenvalue weighted by atomic mass is 9.64. The van der Waals surface area contributed by atoms with Crippen molar-refractivity contribution in [2.75, 3.05) is 6.54 Å². The molecule has 3 nitrogen and oxygen atoms in total. The van der Waals surface area contributed by atoms with E-state index in [2.05, 4.69) is 26.5 Å². The van der Waals surface area contributed by atoms with Gasteiger partial charge in [-0.05, 0) is 42.0 Å². The molecule has 2 aliphatic rings. The van der Waals surface area contributed by atoms with Gasteiger partial charge in [0, 0.05) is 18.5 Å². The quantitative estimate of drug-likeness (QED) is 0.733. The van der Waals surface area contributed by atoms with Gasteiger partial charge in [0.2, 0.25) is 5.91 Å². The standard InChI is InChI=1S/C23H29NO2/c1-5-7-11-19-17(4)18-12-9-10-13-20(18)23(22(19)26)16(3)15-21(25)24(23)14-8-6-2/h9-10,12-13,15,19H,4-8,11,14H2,1-3H3. The summed E-state index contributed by atoms with van der Waals surface area (Å²) in [5, 5.41) is 0. The van der Waals surface area contributed by atoms with Crippen molar-refractivity contribution < 1.29 is 9.59 Å². The van der Waals surface area contributed by atoms with E-state index in [4.69, 9.17) is 0 Å². The van der Waals surface area contributed by atoms with Crippen LogP contribution in [0.25, 0.3) is 5.57 Å². The van der Waals surface area contributed by atoms with E-state index in [9.17, 15) is 9.59 Å². The Labute approximate surface area is 156 Å². The minimum absolute atomic E-state index is 0.0409. The van der Waals surface area contributed by atoms with Gasteiger partial charge in [-0.1, -0.05) is 64.0 Å². The summed E-state index contributed by atoms with van der Waals surface area (Å²) in [6.45, 7) is 11.1. The maximum absolute atomic E-state index is 13.9. The van der Waals surface area contributed by atoms with Gasteiger partial charge < -0.3 is 4.90 Å². The van der Waals surface area contributed by atoms with E-state index >= 15 is 0 Å². The van der Waals surface area contributed by atoms with Crippen LogP contribution in [0.4, 0.5) is 0 Å². The molecule has 2 unspecified atom stereocenters. The average Bonchev–Trinajstić information content (AvgIpc) is 2.89. The van der Waals surface area contributed by atoms with E-state index in [1.54, 1.807) is 6.08 Å². The number of benzene rings is 1. The van der Waals surface area contributed by atoms with Crippen molar-refractivity contribution in [3.05, 3.63) is 53.6 Å². The average molecular weight is 351 g/mol. The van der Waals surface area contributed by atoms with Gasteiger partial charge in [0.15, 0.2) is 5.78 Å². The van der Waals surface area contributed by atoms with Gasteiger partial charge in [0.05, 0.1) is 0 Å². The Hall–Kier alpha value is -2.16. The molecule has 1 amide bonds. The highest BCUT2D eigenvalue weighted by atomic mass is 16.2. The Balaban J connectivity index is 2.21. The molecule has 1 aliphatic heterocycles. The van der Waals surface area contributed by atoms with E-state index in [-0.39, 0.29) is 17.6 Å². The van der Waals surface area contributed by atoms with Crippen LogP contribution in [0.15, 0.2) is 42.5 Å². The number of nitrogens with zero attached hydrogens (tertiary/aromatic N) is 1. The number of carbonyl (C=O) groups excluding carboxylic acids is 2. The summed E-state index contributed by atoms with van der Waals surface area (Å²) in [6, 6.07) is 8.01. The van der Waals surface area contributed by atoms with Gasteiger partial charge in [-0.25, -0.2) is 0 Å². The minimum Gasteiger partial charge on any atom is -0.319 e. The third-order valence-electron chi connectivity index (χ3n) is 5.92. The van der Waals surface area contributed by atoms with E-state index < -0.39 is 5.54 Å². The zero-order valence-corrected chi connectivity index (χ0v) is 16.2. The van der Waals surface area contributed by atoms with Crippen LogP contribution in [0.1, 0.15) is 64.0 Å². The molecular weight excluding hydrogens is 322 g/mol. The Morgan fingerprint density at radius 1 is 1.12 bits per heavy atom. The van der Waals surface area contributed by atoms with E-state index in [0.717, 1.165) is 54.4 Å². The van der Waals surface area contributed by atoms with Crippen LogP contribution in [-0.2, 0) is 15.1 Å². The van der Waals surface area contributed by atoms with Crippen molar-refractivity contribution in [1.29, 1.82) is 0 Å². The van der Waals surface area contributed by atoms with Crippen molar-refractivity contribution in [2.24, 2.45) is 5.92 Å². The van der Waals surface area contributed by atoms with Crippen molar-refractivity contribution >= 4 is 17.3 Å². The van der Waals surface area contributed by atoms with Gasteiger partial charge in [-0.15, -0.1) is 0 Å². The molecule has 0 N–H and O–H groups in total. The fraction of sp³-hybridized carbons (Fsp3) is 0.478. The first kappa shape index (κ1) is 18.6. The highest BCUT2D eigenvalue weighted by Crippen LogP contribution is 2.51. The van der Waals surface area contributed by atoms with Gasteiger partial charge >= 0.3 is 0 Å². The monoisotopic (exact) mass is 351 g/mol. The number of hydrogen-bond donors (Lipinski definition) is 0. The molecule has 0 bridgehead atoms. The zero-order chi connectivity index (χ0) is 18.9. The highest BCUT2D eigenvalue weighted by molar-refractivity contribution is 6.11. The highest BCUT2D eigenvalue weighted by Gasteiger charge is 2.57. The number of fused-ring (bicyclic) bond motifs is 2. The third-order valence-corrected chi connectivity index (χ3v) is 5.92. The molecule has 2 atom stereocenters. The molecular formula is C23H29NO2. The van der Waals surface area contributed by atoms with E-state index in [1.807, 2.05) is 30.0 Å². The molecule has 0 radical (unpaired) electrons. The molecule has 0 fully saturated rings. The number of Topliss-reactive ketones (excluding diaryl/α,β-unsaturated/α-hetero) is 1. The number of unbranched alkanes of at least 4 members (excludes halogenated alkanes) is 2. The fourth-order valence-corrected chi connectivity index (χ4v) is 4.55. The summed E-state index contributed by atoms with van der Waals surface area (Å²) in [5.74, 6) is -0.130. The van der Waals surface area contributed by atoms with Crippen LogP contribution < -0.4 is 0 Å². The lowest BCUT2D eigenvalue weighted by molar-refractivity contribution is -0.141. The molecule has 0 aromatic heterocycles. The van der Waals surface area contributed by atoms with Crippen LogP contribution in [0, 0.1) is 5.92 Å². The largest absolute Gasteiger partial charge is 0.319 e. The summed E-state index contributed by atoms with van der Waals surface area (Å²) in [6.07, 6.45) is 6.37. The normalized spacial score (nSPS) is 25.0. The van der Waals surface area contributed by atoms with Crippen LogP contribution in [0.5, 0.6) is 0 Å². The Morgan fingerprint density at radius 3 is 2.50 bits per heavy atom. The summed E-state index contributed by atoms with van der Waals surface area (Å²) < 4.78 is 0. The second-order valence-corrected chi connectivity index (χ2v) is 7.51. The van der Waals surface area contributed by atoms with E-state index in [1.165, 1.54) is 0 Å². The topological polar surface area (TPSA) is 37.4 Å². The number of rotatable bonds is 6. The van der Waals surface area contributed by atoms with Gasteiger partial charge in [-0.2, -0.15) is 0 Å². The van der Waals surface area contributed by atoms with Crippen molar-refractivity contribution in [1.82, 2.24) is 4.90 Å². The first-order chi connectivity index (χ1) is 12.5. The summed E-state index contributed by atoms with van der Waals surface area (Å²) in [4.78, 5) is 28.5. The first-order valence-electron chi connectivity index (χ1n) is 9.83. The number of allylic oxidation sites excluding steroid dienone is 1. The molecule has 1 aromatic rings. The fourth-order valence-electron chi connectivity index (χ4n) is 4.55. The van der Waals surface area contributed by atoms with Gasteiger partial charge in [0.1, 0.15) is 5.54 Å². The molecule has 0 saturated carbocycles. The lowest BCUT2D eigenvalue weighted by Crippen LogP contribution is -2.56. The van der Waals surface area contributed by atoms with Crippen LogP contribution in [0.3, 0.4) is 0 Å². The Kier molecular flexibility index (Phi) is 5.17. The molecule has 3 rings (SSSR count). The number of carbonyl (C=O) groups is 2. The molecule has 1 aromatic carbocycles. The minimum atomic E-state index is -0.942. The number of hydrogen-bond acceptors (Lipinski definition) is 2.